The van der Waals surface area contributed by atoms with Crippen LogP contribution in [0.2, 0.25) is 0 Å². The largest absolute Gasteiger partial charge is 0.497 e. The summed E-state index contributed by atoms with van der Waals surface area (Å²) in [6.07, 6.45) is 0.540. The molecule has 0 spiro atoms. The van der Waals surface area contributed by atoms with Gasteiger partial charge in [-0.2, -0.15) is 0 Å². The first-order valence-electron chi connectivity index (χ1n) is 10.9. The first-order valence-corrected chi connectivity index (χ1v) is 10.9. The van der Waals surface area contributed by atoms with Gasteiger partial charge in [0.25, 0.3) is 0 Å². The van der Waals surface area contributed by atoms with Gasteiger partial charge < -0.3 is 29.3 Å². The second-order valence-corrected chi connectivity index (χ2v) is 8.02. The summed E-state index contributed by atoms with van der Waals surface area (Å²) in [6.45, 7) is 0.374. The van der Waals surface area contributed by atoms with E-state index in [-0.39, 0.29) is 26.1 Å². The van der Waals surface area contributed by atoms with Crippen molar-refractivity contribution >= 4 is 5.97 Å². The third kappa shape index (κ3) is 9.26. The van der Waals surface area contributed by atoms with Crippen molar-refractivity contribution in [3.63, 3.8) is 0 Å². The van der Waals surface area contributed by atoms with Crippen LogP contribution in [0, 0.1) is 0 Å². The number of para-hydroxylation sites is 1. The van der Waals surface area contributed by atoms with Gasteiger partial charge in [0.05, 0.1) is 19.8 Å². The number of aryl methyl sites for hydroxylation is 2. The average Bonchev–Trinajstić information content (AvgIpc) is 2.80. The van der Waals surface area contributed by atoms with Crippen LogP contribution in [0.15, 0.2) is 48.5 Å². The van der Waals surface area contributed by atoms with Crippen LogP contribution < -0.4 is 9.47 Å². The third-order valence-corrected chi connectivity index (χ3v) is 5.00. The maximum atomic E-state index is 12.1. The summed E-state index contributed by atoms with van der Waals surface area (Å²) >= 11 is 0. The minimum absolute atomic E-state index is 0.0457. The van der Waals surface area contributed by atoms with Gasteiger partial charge in [0, 0.05) is 13.0 Å². The summed E-state index contributed by atoms with van der Waals surface area (Å²) in [4.78, 5) is 14.1. The smallest absolute Gasteiger partial charge is 0.306 e. The lowest BCUT2D eigenvalue weighted by molar-refractivity contribution is -0.152. The zero-order valence-electron chi connectivity index (χ0n) is 19.2. The van der Waals surface area contributed by atoms with Crippen molar-refractivity contribution in [3.8, 4) is 11.5 Å². The van der Waals surface area contributed by atoms with Gasteiger partial charge >= 0.3 is 5.97 Å². The highest BCUT2D eigenvalue weighted by Crippen LogP contribution is 2.21. The summed E-state index contributed by atoms with van der Waals surface area (Å²) in [5.74, 6) is 1.20. The monoisotopic (exact) mass is 445 g/mol. The first-order chi connectivity index (χ1) is 15.4. The molecule has 0 heterocycles. The van der Waals surface area contributed by atoms with Crippen LogP contribution in [0.1, 0.15) is 24.0 Å². The fraction of sp³-hybridized carbons (Fsp3) is 0.480. The molecule has 2 N–H and O–H groups in total. The molecular weight excluding hydrogens is 410 g/mol. The Morgan fingerprint density at radius 3 is 2.44 bits per heavy atom. The molecule has 0 bridgehead atoms. The Morgan fingerprint density at radius 1 is 1.06 bits per heavy atom. The van der Waals surface area contributed by atoms with Crippen molar-refractivity contribution in [2.24, 2.45) is 0 Å². The van der Waals surface area contributed by atoms with Gasteiger partial charge in [0.2, 0.25) is 0 Å². The van der Waals surface area contributed by atoms with Crippen molar-refractivity contribution in [1.29, 1.82) is 0 Å². The average molecular weight is 446 g/mol. The van der Waals surface area contributed by atoms with Crippen LogP contribution in [0.25, 0.3) is 0 Å². The van der Waals surface area contributed by atoms with Gasteiger partial charge in [-0.25, -0.2) is 0 Å². The van der Waals surface area contributed by atoms with Crippen LogP contribution in [-0.4, -0.2) is 74.3 Å². The standard InChI is InChI=1S/C25H35NO6/c1-26(2)16-23(32-25(29)15-12-21(28)17-27)18-31-24-7-5-4-6-20(24)11-8-19-9-13-22(30-3)14-10-19/h4-7,9-10,13-14,21,23,27-28H,8,11-12,15-18H2,1-3H3/t21-,23+/m1/s1. The molecule has 0 unspecified atom stereocenters. The Labute approximate surface area is 190 Å². The number of ether oxygens (including phenoxy) is 3. The lowest BCUT2D eigenvalue weighted by Gasteiger charge is -2.23. The minimum Gasteiger partial charge on any atom is -0.497 e. The van der Waals surface area contributed by atoms with Gasteiger partial charge in [0.1, 0.15) is 24.2 Å². The molecule has 7 heteroatoms. The topological polar surface area (TPSA) is 88.5 Å². The van der Waals surface area contributed by atoms with Crippen LogP contribution in [-0.2, 0) is 22.4 Å². The van der Waals surface area contributed by atoms with E-state index in [2.05, 4.69) is 12.1 Å². The number of nitrogens with zero attached hydrogens (tertiary/aromatic N) is 1. The molecule has 2 atom stereocenters. The minimum atomic E-state index is -0.913. The van der Waals surface area contributed by atoms with Crippen LogP contribution in [0.5, 0.6) is 11.5 Å². The van der Waals surface area contributed by atoms with Gasteiger partial charge in [-0.05, 0) is 62.7 Å². The number of hydrogen-bond acceptors (Lipinski definition) is 7. The van der Waals surface area contributed by atoms with Crippen molar-refractivity contribution in [2.75, 3.05) is 41.0 Å². The molecule has 0 radical (unpaired) electrons. The molecule has 0 amide bonds. The van der Waals surface area contributed by atoms with Gasteiger partial charge in [-0.3, -0.25) is 4.79 Å². The van der Waals surface area contributed by atoms with Crippen molar-refractivity contribution in [2.45, 2.75) is 37.9 Å². The maximum Gasteiger partial charge on any atom is 0.306 e. The highest BCUT2D eigenvalue weighted by atomic mass is 16.6. The molecule has 0 saturated carbocycles. The molecule has 0 fully saturated rings. The fourth-order valence-corrected chi connectivity index (χ4v) is 3.26. The lowest BCUT2D eigenvalue weighted by Crippen LogP contribution is -2.35. The summed E-state index contributed by atoms with van der Waals surface area (Å²) in [6, 6.07) is 15.9. The van der Waals surface area contributed by atoms with Crippen LogP contribution in [0.3, 0.4) is 0 Å². The predicted octanol–water partition coefficient (Wildman–Crippen LogP) is 2.47. The van der Waals surface area contributed by atoms with Crippen molar-refractivity contribution in [3.05, 3.63) is 59.7 Å². The van der Waals surface area contributed by atoms with E-state index in [0.29, 0.717) is 6.54 Å². The Morgan fingerprint density at radius 2 is 1.78 bits per heavy atom. The quantitative estimate of drug-likeness (QED) is 0.432. The Balaban J connectivity index is 1.94. The highest BCUT2D eigenvalue weighted by molar-refractivity contribution is 5.69. The molecule has 0 aliphatic heterocycles. The number of benzene rings is 2. The maximum absolute atomic E-state index is 12.1. The van der Waals surface area contributed by atoms with Gasteiger partial charge in [-0.1, -0.05) is 30.3 Å². The molecule has 176 valence electrons. The first kappa shape index (κ1) is 25.6. The van der Waals surface area contributed by atoms with Crippen LogP contribution >= 0.6 is 0 Å². The van der Waals surface area contributed by atoms with Crippen molar-refractivity contribution in [1.82, 2.24) is 4.90 Å². The number of carbonyl (C=O) groups excluding carboxylic acids is 1. The summed E-state index contributed by atoms with van der Waals surface area (Å²) in [5, 5.41) is 18.3. The lowest BCUT2D eigenvalue weighted by atomic mass is 10.0. The second kappa shape index (κ2) is 13.7. The zero-order valence-corrected chi connectivity index (χ0v) is 19.2. The number of aliphatic hydroxyl groups excluding tert-OH is 2. The van der Waals surface area contributed by atoms with E-state index in [0.717, 1.165) is 29.9 Å². The molecule has 2 aromatic carbocycles. The molecule has 7 nitrogen and oxygen atoms in total. The van der Waals surface area contributed by atoms with E-state index in [4.69, 9.17) is 19.3 Å². The molecule has 0 aromatic heterocycles. The van der Waals surface area contributed by atoms with Crippen LogP contribution in [0.4, 0.5) is 0 Å². The Hall–Kier alpha value is -2.61. The number of hydrogen-bond donors (Lipinski definition) is 2. The summed E-state index contributed by atoms with van der Waals surface area (Å²) < 4.78 is 16.8. The fourth-order valence-electron chi connectivity index (χ4n) is 3.26. The molecule has 32 heavy (non-hydrogen) atoms. The van der Waals surface area contributed by atoms with E-state index in [1.807, 2.05) is 55.4 Å². The normalized spacial score (nSPS) is 12.9. The molecule has 2 aromatic rings. The molecule has 0 aliphatic rings. The molecular formula is C25H35NO6. The number of likely N-dealkylation sites (N-methyl/N-ethyl adjacent to an activating group) is 1. The van der Waals surface area contributed by atoms with E-state index >= 15 is 0 Å². The zero-order chi connectivity index (χ0) is 23.3. The number of esters is 1. The number of aliphatic hydroxyl groups is 2. The molecule has 0 aliphatic carbocycles. The number of rotatable bonds is 14. The number of methoxy groups -OCH3 is 1. The SMILES string of the molecule is COc1ccc(CCc2ccccc2OC[C@H](CN(C)C)OC(=O)CC[C@@H](O)CO)cc1. The van der Waals surface area contributed by atoms with E-state index in [1.165, 1.54) is 5.56 Å². The molecule has 0 saturated heterocycles. The second-order valence-electron chi connectivity index (χ2n) is 8.02. The highest BCUT2D eigenvalue weighted by Gasteiger charge is 2.18. The van der Waals surface area contributed by atoms with Gasteiger partial charge in [-0.15, -0.1) is 0 Å². The number of carbonyl (C=O) groups is 1. The predicted molar refractivity (Wildman–Crippen MR) is 123 cm³/mol. The van der Waals surface area contributed by atoms with Gasteiger partial charge in [0.15, 0.2) is 0 Å². The van der Waals surface area contributed by atoms with E-state index in [1.54, 1.807) is 7.11 Å². The Kier molecular flexibility index (Phi) is 11.0. The van der Waals surface area contributed by atoms with E-state index in [9.17, 15) is 9.90 Å². The summed E-state index contributed by atoms with van der Waals surface area (Å²) in [7, 11) is 5.46. The Bertz CT molecular complexity index is 808. The molecule has 2 rings (SSSR count). The summed E-state index contributed by atoms with van der Waals surface area (Å²) in [5.41, 5.74) is 2.30. The third-order valence-electron chi connectivity index (χ3n) is 5.00. The van der Waals surface area contributed by atoms with Crippen molar-refractivity contribution < 1.29 is 29.2 Å². The van der Waals surface area contributed by atoms with E-state index < -0.39 is 18.2 Å².